The summed E-state index contributed by atoms with van der Waals surface area (Å²) in [6.45, 7) is 8.92. The van der Waals surface area contributed by atoms with Gasteiger partial charge in [0.1, 0.15) is 5.82 Å². The Hall–Kier alpha value is -0.990. The Bertz CT molecular complexity index is 315. The van der Waals surface area contributed by atoms with E-state index in [-0.39, 0.29) is 0 Å². The second-order valence-electron chi connectivity index (χ2n) is 5.07. The molecule has 3 nitrogen and oxygen atoms in total. The molecule has 0 spiro atoms. The van der Waals surface area contributed by atoms with Crippen molar-refractivity contribution in [3.63, 3.8) is 0 Å². The predicted molar refractivity (Wildman–Crippen MR) is 69.7 cm³/mol. The van der Waals surface area contributed by atoms with Crippen molar-refractivity contribution < 1.29 is 0 Å². The lowest BCUT2D eigenvalue weighted by Crippen LogP contribution is -2.19. The molecule has 0 saturated heterocycles. The van der Waals surface area contributed by atoms with Gasteiger partial charge < -0.3 is 5.32 Å². The molecule has 1 aromatic heterocycles. The van der Waals surface area contributed by atoms with Crippen LogP contribution >= 0.6 is 0 Å². The second-order valence-corrected chi connectivity index (χ2v) is 5.07. The van der Waals surface area contributed by atoms with Gasteiger partial charge in [-0.3, -0.25) is 4.68 Å². The van der Waals surface area contributed by atoms with Crippen LogP contribution in [0.5, 0.6) is 0 Å². The Morgan fingerprint density at radius 3 is 2.62 bits per heavy atom. The van der Waals surface area contributed by atoms with Crippen molar-refractivity contribution in [2.45, 2.75) is 53.0 Å². The highest BCUT2D eigenvalue weighted by atomic mass is 15.3. The number of aryl methyl sites for hydroxylation is 2. The molecule has 3 heteroatoms. The summed E-state index contributed by atoms with van der Waals surface area (Å²) in [5.41, 5.74) is 1.18. The molecule has 0 radical (unpaired) electrons. The average molecular weight is 223 g/mol. The summed E-state index contributed by atoms with van der Waals surface area (Å²) in [4.78, 5) is 0. The zero-order chi connectivity index (χ0) is 12.1. The molecular weight excluding hydrogens is 198 g/mol. The Labute approximate surface area is 99.2 Å². The molecule has 16 heavy (non-hydrogen) atoms. The van der Waals surface area contributed by atoms with E-state index in [2.05, 4.69) is 44.2 Å². The smallest absolute Gasteiger partial charge is 0.124 e. The monoisotopic (exact) mass is 223 g/mol. The average Bonchev–Trinajstić information content (AvgIpc) is 2.46. The predicted octanol–water partition coefficient (Wildman–Crippen LogP) is 3.22. The van der Waals surface area contributed by atoms with Crippen LogP contribution in [0.1, 0.15) is 46.2 Å². The minimum atomic E-state index is 0.505. The molecule has 0 saturated carbocycles. The van der Waals surface area contributed by atoms with Gasteiger partial charge in [-0.15, -0.1) is 0 Å². The van der Waals surface area contributed by atoms with Crippen LogP contribution < -0.4 is 5.32 Å². The third-order valence-electron chi connectivity index (χ3n) is 2.66. The molecule has 0 fully saturated rings. The quantitative estimate of drug-likeness (QED) is 0.802. The van der Waals surface area contributed by atoms with Gasteiger partial charge in [0.05, 0.1) is 5.69 Å². The number of anilines is 1. The molecule has 0 aromatic carbocycles. The van der Waals surface area contributed by atoms with E-state index in [1.165, 1.54) is 12.1 Å². The summed E-state index contributed by atoms with van der Waals surface area (Å²) in [6, 6.07) is 2.67. The van der Waals surface area contributed by atoms with E-state index >= 15 is 0 Å². The van der Waals surface area contributed by atoms with Gasteiger partial charge in [-0.1, -0.05) is 27.2 Å². The summed E-state index contributed by atoms with van der Waals surface area (Å²) >= 11 is 0. The zero-order valence-electron chi connectivity index (χ0n) is 11.2. The molecule has 0 aliphatic heterocycles. The van der Waals surface area contributed by atoms with Crippen molar-refractivity contribution in [3.8, 4) is 0 Å². The van der Waals surface area contributed by atoms with E-state index < -0.39 is 0 Å². The van der Waals surface area contributed by atoms with Crippen molar-refractivity contribution in [1.82, 2.24) is 9.78 Å². The molecule has 1 aromatic rings. The number of hydrogen-bond donors (Lipinski definition) is 1. The summed E-state index contributed by atoms with van der Waals surface area (Å²) in [5.74, 6) is 1.86. The Balaban J connectivity index is 2.58. The van der Waals surface area contributed by atoms with E-state index in [1.54, 1.807) is 0 Å². The van der Waals surface area contributed by atoms with E-state index in [0.29, 0.717) is 6.04 Å². The van der Waals surface area contributed by atoms with Gasteiger partial charge in [0.15, 0.2) is 0 Å². The lowest BCUT2D eigenvalue weighted by atomic mass is 10.1. The van der Waals surface area contributed by atoms with E-state index in [4.69, 9.17) is 0 Å². The van der Waals surface area contributed by atoms with E-state index in [9.17, 15) is 0 Å². The van der Waals surface area contributed by atoms with Crippen molar-refractivity contribution in [3.05, 3.63) is 11.8 Å². The maximum atomic E-state index is 4.49. The van der Waals surface area contributed by atoms with Crippen LogP contribution in [0.25, 0.3) is 0 Å². The molecule has 1 unspecified atom stereocenters. The highest BCUT2D eigenvalue weighted by molar-refractivity contribution is 5.37. The van der Waals surface area contributed by atoms with Crippen LogP contribution in [0.4, 0.5) is 5.82 Å². The van der Waals surface area contributed by atoms with Gasteiger partial charge in [0, 0.05) is 19.2 Å². The Kier molecular flexibility index (Phi) is 4.84. The minimum absolute atomic E-state index is 0.505. The summed E-state index contributed by atoms with van der Waals surface area (Å²) in [7, 11) is 2.00. The largest absolute Gasteiger partial charge is 0.368 e. The first-order chi connectivity index (χ1) is 7.52. The van der Waals surface area contributed by atoms with Gasteiger partial charge in [0.25, 0.3) is 0 Å². The van der Waals surface area contributed by atoms with Gasteiger partial charge in [0.2, 0.25) is 0 Å². The molecule has 1 rings (SSSR count). The fraction of sp³-hybridized carbons (Fsp3) is 0.769. The van der Waals surface area contributed by atoms with Crippen LogP contribution in [0.15, 0.2) is 6.07 Å². The third kappa shape index (κ3) is 3.87. The first-order valence-corrected chi connectivity index (χ1v) is 6.32. The Morgan fingerprint density at radius 1 is 1.38 bits per heavy atom. The number of rotatable bonds is 6. The summed E-state index contributed by atoms with van der Waals surface area (Å²) in [5, 5.41) is 8.01. The zero-order valence-corrected chi connectivity index (χ0v) is 11.2. The highest BCUT2D eigenvalue weighted by Crippen LogP contribution is 2.14. The number of nitrogens with one attached hydrogen (secondary N) is 1. The topological polar surface area (TPSA) is 29.9 Å². The molecule has 92 valence electrons. The molecule has 0 amide bonds. The van der Waals surface area contributed by atoms with Crippen molar-refractivity contribution in [1.29, 1.82) is 0 Å². The van der Waals surface area contributed by atoms with Crippen molar-refractivity contribution in [2.24, 2.45) is 13.0 Å². The molecule has 1 heterocycles. The maximum Gasteiger partial charge on any atom is 0.124 e. The van der Waals surface area contributed by atoms with Crippen LogP contribution in [-0.2, 0) is 13.5 Å². The lowest BCUT2D eigenvalue weighted by Gasteiger charge is -2.16. The maximum absolute atomic E-state index is 4.49. The lowest BCUT2D eigenvalue weighted by molar-refractivity contribution is 0.536. The first kappa shape index (κ1) is 13.1. The van der Waals surface area contributed by atoms with Crippen LogP contribution in [0.2, 0.25) is 0 Å². The van der Waals surface area contributed by atoms with Crippen LogP contribution in [-0.4, -0.2) is 15.8 Å². The standard InChI is InChI=1S/C13H25N3/c1-6-7-12-9-13(16(5)15-12)14-11(4)8-10(2)3/h9-11,14H,6-8H2,1-5H3. The summed E-state index contributed by atoms with van der Waals surface area (Å²) < 4.78 is 1.95. The van der Waals surface area contributed by atoms with Crippen molar-refractivity contribution >= 4 is 5.82 Å². The Morgan fingerprint density at radius 2 is 2.06 bits per heavy atom. The SMILES string of the molecule is CCCc1cc(NC(C)CC(C)C)n(C)n1. The van der Waals surface area contributed by atoms with Crippen LogP contribution in [0, 0.1) is 5.92 Å². The van der Waals surface area contributed by atoms with Gasteiger partial charge in [-0.25, -0.2) is 0 Å². The molecule has 1 atom stereocenters. The summed E-state index contributed by atoms with van der Waals surface area (Å²) in [6.07, 6.45) is 3.40. The molecule has 0 aliphatic carbocycles. The van der Waals surface area contributed by atoms with E-state index in [1.807, 2.05) is 11.7 Å². The van der Waals surface area contributed by atoms with Gasteiger partial charge in [-0.05, 0) is 25.7 Å². The van der Waals surface area contributed by atoms with Crippen molar-refractivity contribution in [2.75, 3.05) is 5.32 Å². The third-order valence-corrected chi connectivity index (χ3v) is 2.66. The fourth-order valence-corrected chi connectivity index (χ4v) is 2.06. The number of aromatic nitrogens is 2. The fourth-order valence-electron chi connectivity index (χ4n) is 2.06. The molecule has 1 N–H and O–H groups in total. The number of nitrogens with zero attached hydrogens (tertiary/aromatic N) is 2. The normalized spacial score (nSPS) is 13.1. The van der Waals surface area contributed by atoms with Gasteiger partial charge in [-0.2, -0.15) is 5.10 Å². The van der Waals surface area contributed by atoms with E-state index in [0.717, 1.165) is 24.6 Å². The number of hydrogen-bond acceptors (Lipinski definition) is 2. The molecule has 0 aliphatic rings. The minimum Gasteiger partial charge on any atom is -0.368 e. The van der Waals surface area contributed by atoms with Gasteiger partial charge >= 0.3 is 0 Å². The highest BCUT2D eigenvalue weighted by Gasteiger charge is 2.09. The molecular formula is C13H25N3. The first-order valence-electron chi connectivity index (χ1n) is 6.32. The molecule has 0 bridgehead atoms. The van der Waals surface area contributed by atoms with Crippen LogP contribution in [0.3, 0.4) is 0 Å². The second kappa shape index (κ2) is 5.92.